The third-order valence-electron chi connectivity index (χ3n) is 5.28. The van der Waals surface area contributed by atoms with Gasteiger partial charge in [0.15, 0.2) is 12.3 Å². The average Bonchev–Trinajstić information content (AvgIpc) is 3.14. The summed E-state index contributed by atoms with van der Waals surface area (Å²) in [5.74, 6) is 2.13. The van der Waals surface area contributed by atoms with E-state index < -0.39 is 0 Å². The number of aromatic nitrogens is 4. The number of amides is 1. The van der Waals surface area contributed by atoms with Gasteiger partial charge in [-0.1, -0.05) is 6.07 Å². The summed E-state index contributed by atoms with van der Waals surface area (Å²) in [5.41, 5.74) is 2.62. The molecule has 4 heterocycles. The third-order valence-corrected chi connectivity index (χ3v) is 5.28. The maximum Gasteiger partial charge on any atom is 0.262 e. The van der Waals surface area contributed by atoms with Gasteiger partial charge in [-0.05, 0) is 36.8 Å². The number of benzene rings is 1. The van der Waals surface area contributed by atoms with Crippen molar-refractivity contribution >= 4 is 23.1 Å². The number of anilines is 2. The second kappa shape index (κ2) is 6.75. The molecule has 2 aliphatic heterocycles. The maximum absolute atomic E-state index is 11.5. The monoisotopic (exact) mass is 379 g/mol. The van der Waals surface area contributed by atoms with Crippen molar-refractivity contribution in [1.82, 2.24) is 25.1 Å². The van der Waals surface area contributed by atoms with Crippen molar-refractivity contribution in [1.29, 1.82) is 0 Å². The second-order valence-corrected chi connectivity index (χ2v) is 7.32. The van der Waals surface area contributed by atoms with Gasteiger partial charge in [-0.2, -0.15) is 4.52 Å². The molecular weight excluding hydrogens is 358 g/mol. The molecule has 28 heavy (non-hydrogen) atoms. The summed E-state index contributed by atoms with van der Waals surface area (Å²) in [5, 5.41) is 18.8. The van der Waals surface area contributed by atoms with Crippen LogP contribution >= 0.6 is 0 Å². The number of rotatable bonds is 5. The SMILES string of the molecule is CC(NCC1CN(c2ccc3nncn3n2)C1)c1ccc2c(c1)NC(=O)CO2. The predicted molar refractivity (Wildman–Crippen MR) is 103 cm³/mol. The number of hydrogen-bond acceptors (Lipinski definition) is 7. The zero-order valence-electron chi connectivity index (χ0n) is 15.5. The molecule has 0 radical (unpaired) electrons. The van der Waals surface area contributed by atoms with Crippen molar-refractivity contribution in [3.63, 3.8) is 0 Å². The molecule has 0 bridgehead atoms. The average molecular weight is 379 g/mol. The van der Waals surface area contributed by atoms with Gasteiger partial charge in [0.05, 0.1) is 5.69 Å². The molecule has 5 rings (SSSR count). The van der Waals surface area contributed by atoms with Gasteiger partial charge >= 0.3 is 0 Å². The summed E-state index contributed by atoms with van der Waals surface area (Å²) in [4.78, 5) is 13.8. The van der Waals surface area contributed by atoms with Gasteiger partial charge in [-0.15, -0.1) is 15.3 Å². The third kappa shape index (κ3) is 3.13. The van der Waals surface area contributed by atoms with E-state index in [1.165, 1.54) is 0 Å². The first-order chi connectivity index (χ1) is 13.7. The Balaban J connectivity index is 1.15. The van der Waals surface area contributed by atoms with E-state index in [1.54, 1.807) is 10.8 Å². The fourth-order valence-corrected chi connectivity index (χ4v) is 3.60. The summed E-state index contributed by atoms with van der Waals surface area (Å²) in [6.07, 6.45) is 1.62. The number of fused-ring (bicyclic) bond motifs is 2. The van der Waals surface area contributed by atoms with E-state index in [2.05, 4.69) is 37.8 Å². The number of nitrogens with one attached hydrogen (secondary N) is 2. The lowest BCUT2D eigenvalue weighted by molar-refractivity contribution is -0.118. The highest BCUT2D eigenvalue weighted by molar-refractivity contribution is 5.95. The predicted octanol–water partition coefficient (Wildman–Crippen LogP) is 1.24. The Morgan fingerprint density at radius 3 is 3.11 bits per heavy atom. The molecular formula is C19H21N7O2. The number of carbonyl (C=O) groups excluding carboxylic acids is 1. The Bertz CT molecular complexity index is 1030. The van der Waals surface area contributed by atoms with Gasteiger partial charge in [0.1, 0.15) is 17.9 Å². The van der Waals surface area contributed by atoms with E-state index in [-0.39, 0.29) is 18.6 Å². The van der Waals surface area contributed by atoms with E-state index >= 15 is 0 Å². The highest BCUT2D eigenvalue weighted by atomic mass is 16.5. The molecule has 2 aromatic heterocycles. The highest BCUT2D eigenvalue weighted by Crippen LogP contribution is 2.30. The fraction of sp³-hybridized carbons (Fsp3) is 0.368. The van der Waals surface area contributed by atoms with Crippen LogP contribution < -0.4 is 20.3 Å². The number of hydrogen-bond donors (Lipinski definition) is 2. The minimum Gasteiger partial charge on any atom is -0.482 e. The first kappa shape index (κ1) is 16.9. The van der Waals surface area contributed by atoms with Crippen molar-refractivity contribution < 1.29 is 9.53 Å². The molecule has 0 saturated carbocycles. The van der Waals surface area contributed by atoms with E-state index in [4.69, 9.17) is 4.74 Å². The Labute approximate surface area is 161 Å². The Kier molecular flexibility index (Phi) is 4.09. The van der Waals surface area contributed by atoms with Gasteiger partial charge in [0, 0.05) is 31.6 Å². The van der Waals surface area contributed by atoms with Crippen LogP contribution in [-0.4, -0.2) is 52.0 Å². The lowest BCUT2D eigenvalue weighted by Gasteiger charge is -2.40. The topological polar surface area (TPSA) is 96.7 Å². The fourth-order valence-electron chi connectivity index (χ4n) is 3.60. The van der Waals surface area contributed by atoms with Crippen LogP contribution in [0.4, 0.5) is 11.5 Å². The molecule has 1 amide bonds. The molecule has 1 fully saturated rings. The molecule has 9 heteroatoms. The number of carbonyl (C=O) groups is 1. The van der Waals surface area contributed by atoms with Crippen molar-refractivity contribution in [2.24, 2.45) is 5.92 Å². The van der Waals surface area contributed by atoms with Crippen molar-refractivity contribution in [3.8, 4) is 5.75 Å². The highest BCUT2D eigenvalue weighted by Gasteiger charge is 2.28. The largest absolute Gasteiger partial charge is 0.482 e. The molecule has 1 unspecified atom stereocenters. The molecule has 0 aliphatic carbocycles. The van der Waals surface area contributed by atoms with Gasteiger partial charge in [-0.25, -0.2) is 0 Å². The number of nitrogens with zero attached hydrogens (tertiary/aromatic N) is 5. The first-order valence-corrected chi connectivity index (χ1v) is 9.38. The van der Waals surface area contributed by atoms with E-state index in [9.17, 15) is 4.79 Å². The van der Waals surface area contributed by atoms with E-state index in [0.29, 0.717) is 5.92 Å². The molecule has 3 aromatic rings. The van der Waals surface area contributed by atoms with E-state index in [0.717, 1.165) is 48.1 Å². The van der Waals surface area contributed by atoms with Crippen molar-refractivity contribution in [3.05, 3.63) is 42.2 Å². The van der Waals surface area contributed by atoms with Crippen molar-refractivity contribution in [2.45, 2.75) is 13.0 Å². The van der Waals surface area contributed by atoms with Gasteiger partial charge in [-0.3, -0.25) is 4.79 Å². The second-order valence-electron chi connectivity index (χ2n) is 7.32. The number of ether oxygens (including phenoxy) is 1. The minimum absolute atomic E-state index is 0.0808. The van der Waals surface area contributed by atoms with Crippen LogP contribution in [0.25, 0.3) is 5.65 Å². The molecule has 1 aromatic carbocycles. The molecule has 2 aliphatic rings. The maximum atomic E-state index is 11.5. The Morgan fingerprint density at radius 1 is 1.32 bits per heavy atom. The summed E-state index contributed by atoms with van der Waals surface area (Å²) in [6.45, 7) is 5.07. The molecule has 1 saturated heterocycles. The standard InChI is InChI=1S/C19H21N7O2/c1-12(14-2-3-16-15(6-14)22-19(27)10-28-16)20-7-13-8-25(9-13)18-5-4-17-23-21-11-26(17)24-18/h2-6,11-13,20H,7-10H2,1H3,(H,22,27). The van der Waals surface area contributed by atoms with Crippen molar-refractivity contribution in [2.75, 3.05) is 36.5 Å². The van der Waals surface area contributed by atoms with Gasteiger partial charge in [0.25, 0.3) is 5.91 Å². The molecule has 1 atom stereocenters. The van der Waals surface area contributed by atoms with Crippen LogP contribution in [0.2, 0.25) is 0 Å². The zero-order valence-corrected chi connectivity index (χ0v) is 15.5. The summed E-state index contributed by atoms with van der Waals surface area (Å²) < 4.78 is 7.11. The summed E-state index contributed by atoms with van der Waals surface area (Å²) >= 11 is 0. The summed E-state index contributed by atoms with van der Waals surface area (Å²) in [6, 6.07) is 10.0. The minimum atomic E-state index is -0.113. The lowest BCUT2D eigenvalue weighted by atomic mass is 9.99. The molecule has 2 N–H and O–H groups in total. The summed E-state index contributed by atoms with van der Waals surface area (Å²) in [7, 11) is 0. The molecule has 144 valence electrons. The first-order valence-electron chi connectivity index (χ1n) is 9.38. The van der Waals surface area contributed by atoms with Crippen LogP contribution in [0, 0.1) is 5.92 Å². The zero-order chi connectivity index (χ0) is 19.1. The van der Waals surface area contributed by atoms with Gasteiger partial charge in [0.2, 0.25) is 0 Å². The Morgan fingerprint density at radius 2 is 2.21 bits per heavy atom. The lowest BCUT2D eigenvalue weighted by Crippen LogP contribution is -2.51. The van der Waals surface area contributed by atoms with E-state index in [1.807, 2.05) is 30.3 Å². The Hall–Kier alpha value is -3.20. The molecule has 9 nitrogen and oxygen atoms in total. The smallest absolute Gasteiger partial charge is 0.262 e. The van der Waals surface area contributed by atoms with Crippen LogP contribution in [0.1, 0.15) is 18.5 Å². The molecule has 0 spiro atoms. The van der Waals surface area contributed by atoms with Crippen LogP contribution in [-0.2, 0) is 4.79 Å². The van der Waals surface area contributed by atoms with Gasteiger partial charge < -0.3 is 20.3 Å². The van der Waals surface area contributed by atoms with Crippen LogP contribution in [0.5, 0.6) is 5.75 Å². The van der Waals surface area contributed by atoms with Crippen LogP contribution in [0.3, 0.4) is 0 Å². The van der Waals surface area contributed by atoms with Crippen LogP contribution in [0.15, 0.2) is 36.7 Å². The normalized spacial score (nSPS) is 17.6. The quantitative estimate of drug-likeness (QED) is 0.688.